The number of carbonyl (C=O) groups is 1. The number of aryl methyl sites for hydroxylation is 2. The van der Waals surface area contributed by atoms with Crippen LogP contribution in [0.5, 0.6) is 0 Å². The lowest BCUT2D eigenvalue weighted by molar-refractivity contribution is 0.0600. The van der Waals surface area contributed by atoms with E-state index < -0.39 is 14.0 Å². The number of para-hydroxylation sites is 1. The van der Waals surface area contributed by atoms with Crippen LogP contribution in [-0.2, 0) is 17.7 Å². The summed E-state index contributed by atoms with van der Waals surface area (Å²) in [7, 11) is -0.311. The van der Waals surface area contributed by atoms with Crippen LogP contribution < -0.4 is 0 Å². The molecule has 3 aromatic heterocycles. The summed E-state index contributed by atoms with van der Waals surface area (Å²) in [5, 5.41) is 5.85. The molecule has 198 valence electrons. The fourth-order valence-corrected chi connectivity index (χ4v) is 5.15. The number of benzene rings is 2. The molecule has 0 aliphatic rings. The van der Waals surface area contributed by atoms with E-state index in [-0.39, 0.29) is 0 Å². The van der Waals surface area contributed by atoms with E-state index in [1.807, 2.05) is 36.5 Å². The van der Waals surface area contributed by atoms with Crippen LogP contribution in [0.4, 0.5) is 0 Å². The molecule has 0 spiro atoms. The highest BCUT2D eigenvalue weighted by molar-refractivity contribution is 6.83. The van der Waals surface area contributed by atoms with E-state index in [9.17, 15) is 4.79 Å². The van der Waals surface area contributed by atoms with Crippen molar-refractivity contribution in [2.45, 2.75) is 52.9 Å². The molecule has 0 unspecified atom stereocenters. The van der Waals surface area contributed by atoms with Gasteiger partial charge in [0.1, 0.15) is 25.1 Å². The van der Waals surface area contributed by atoms with Crippen LogP contribution in [0.15, 0.2) is 54.7 Å². The van der Waals surface area contributed by atoms with Crippen molar-refractivity contribution < 1.29 is 9.53 Å². The molecule has 39 heavy (non-hydrogen) atoms. The number of nitrogens with zero attached hydrogens (tertiary/aromatic N) is 5. The molecule has 0 bridgehead atoms. The predicted molar refractivity (Wildman–Crippen MR) is 158 cm³/mol. The van der Waals surface area contributed by atoms with E-state index >= 15 is 0 Å². The molecule has 0 aliphatic carbocycles. The van der Waals surface area contributed by atoms with Crippen LogP contribution in [0.25, 0.3) is 27.8 Å². The molecule has 3 heterocycles. The fourth-order valence-electron chi connectivity index (χ4n) is 4.66. The minimum Gasteiger partial charge on any atom is -0.465 e. The summed E-state index contributed by atoms with van der Waals surface area (Å²) >= 11 is 0. The Balaban J connectivity index is 1.69. The summed E-state index contributed by atoms with van der Waals surface area (Å²) in [6.45, 7) is 11.5. The van der Waals surface area contributed by atoms with Crippen molar-refractivity contribution in [3.8, 4) is 17.2 Å². The number of imidazole rings is 1. The second-order valence-corrected chi connectivity index (χ2v) is 15.5. The van der Waals surface area contributed by atoms with Gasteiger partial charge in [-0.05, 0) is 54.8 Å². The third-order valence-electron chi connectivity index (χ3n) is 6.56. The van der Waals surface area contributed by atoms with Crippen molar-refractivity contribution in [1.82, 2.24) is 24.3 Å². The molecular weight excluding hydrogens is 502 g/mol. The minimum atomic E-state index is -1.70. The summed E-state index contributed by atoms with van der Waals surface area (Å²) in [5.41, 5.74) is 10.3. The monoisotopic (exact) mass is 535 g/mol. The highest BCUT2D eigenvalue weighted by atomic mass is 28.3. The Morgan fingerprint density at radius 1 is 1.10 bits per heavy atom. The second kappa shape index (κ2) is 10.5. The number of methoxy groups -OCH3 is 1. The van der Waals surface area contributed by atoms with Crippen LogP contribution >= 0.6 is 0 Å². The Morgan fingerprint density at radius 2 is 1.90 bits per heavy atom. The van der Waals surface area contributed by atoms with Gasteiger partial charge in [0.05, 0.1) is 30.4 Å². The Morgan fingerprint density at radius 3 is 2.64 bits per heavy atom. The van der Waals surface area contributed by atoms with Crippen LogP contribution in [0.1, 0.15) is 46.3 Å². The quantitative estimate of drug-likeness (QED) is 0.149. The predicted octanol–water partition coefficient (Wildman–Crippen LogP) is 6.09. The molecule has 8 heteroatoms. The Labute approximate surface area is 229 Å². The number of ether oxygens (including phenoxy) is 1. The molecule has 7 nitrogen and oxygen atoms in total. The van der Waals surface area contributed by atoms with Gasteiger partial charge in [-0.2, -0.15) is 5.10 Å². The maximum atomic E-state index is 12.6. The maximum absolute atomic E-state index is 12.6. The number of hydrogen-bond donors (Lipinski definition) is 0. The third kappa shape index (κ3) is 5.23. The standard InChI is InChI=1S/C31H33N5O2Si/c1-7-10-28-33-29-21(2)15-17-32-30(29)35(28)20-22-13-14-25-24(19-22)27(16-18-39(4,5)6)36(34-25)26-12-9-8-11-23(26)31(37)38-3/h8-9,11-15,17,19H,7,10,20H2,1-6H3. The first-order chi connectivity index (χ1) is 18.7. The van der Waals surface area contributed by atoms with Crippen molar-refractivity contribution in [3.63, 3.8) is 0 Å². The molecule has 0 saturated heterocycles. The average molecular weight is 536 g/mol. The van der Waals surface area contributed by atoms with Crippen LogP contribution in [0, 0.1) is 18.4 Å². The second-order valence-electron chi connectivity index (χ2n) is 10.8. The van der Waals surface area contributed by atoms with Crippen LogP contribution in [0.3, 0.4) is 0 Å². The van der Waals surface area contributed by atoms with Gasteiger partial charge in [-0.3, -0.25) is 0 Å². The number of carbonyl (C=O) groups excluding carboxylic acids is 1. The molecule has 0 aliphatic heterocycles. The number of pyridine rings is 1. The Bertz CT molecular complexity index is 1770. The van der Waals surface area contributed by atoms with E-state index in [0.717, 1.165) is 57.6 Å². The highest BCUT2D eigenvalue weighted by Gasteiger charge is 2.20. The van der Waals surface area contributed by atoms with Crippen molar-refractivity contribution >= 4 is 36.1 Å². The molecule has 0 radical (unpaired) electrons. The fraction of sp³-hybridized carbons (Fsp3) is 0.290. The molecular formula is C31H33N5O2Si. The van der Waals surface area contributed by atoms with Crippen LogP contribution in [-0.4, -0.2) is 45.5 Å². The van der Waals surface area contributed by atoms with Gasteiger partial charge >= 0.3 is 5.97 Å². The summed E-state index contributed by atoms with van der Waals surface area (Å²) in [4.78, 5) is 22.2. The Kier molecular flexibility index (Phi) is 7.11. The van der Waals surface area contributed by atoms with Gasteiger partial charge in [-0.25, -0.2) is 19.4 Å². The molecule has 2 aromatic carbocycles. The molecule has 5 aromatic rings. The summed E-state index contributed by atoms with van der Waals surface area (Å²) in [6, 6.07) is 15.6. The number of hydrogen-bond acceptors (Lipinski definition) is 5. The zero-order chi connectivity index (χ0) is 27.7. The number of rotatable bonds is 6. The summed E-state index contributed by atoms with van der Waals surface area (Å²) < 4.78 is 9.06. The van der Waals surface area contributed by atoms with Gasteiger partial charge in [0.15, 0.2) is 5.65 Å². The van der Waals surface area contributed by atoms with E-state index in [4.69, 9.17) is 14.8 Å². The Hall–Kier alpha value is -4.22. The smallest absolute Gasteiger partial charge is 0.340 e. The molecule has 0 saturated carbocycles. The lowest BCUT2D eigenvalue weighted by Crippen LogP contribution is -2.16. The summed E-state index contributed by atoms with van der Waals surface area (Å²) in [6.07, 6.45) is 3.74. The van der Waals surface area contributed by atoms with Gasteiger partial charge in [0.2, 0.25) is 0 Å². The van der Waals surface area contributed by atoms with Gasteiger partial charge in [-0.1, -0.05) is 50.7 Å². The lowest BCUT2D eigenvalue weighted by Gasteiger charge is -2.10. The largest absolute Gasteiger partial charge is 0.465 e. The van der Waals surface area contributed by atoms with Gasteiger partial charge in [0, 0.05) is 18.0 Å². The molecule has 0 amide bonds. The van der Waals surface area contributed by atoms with Gasteiger partial charge < -0.3 is 9.30 Å². The summed E-state index contributed by atoms with van der Waals surface area (Å²) in [5.74, 6) is 4.07. The molecule has 0 N–H and O–H groups in total. The SMILES string of the molecule is CCCc1nc2c(C)ccnc2n1Cc1ccc2nn(-c3ccccc3C(=O)OC)c(C#C[Si](C)(C)C)c2c1. The van der Waals surface area contributed by atoms with E-state index in [1.54, 1.807) is 10.7 Å². The third-order valence-corrected chi connectivity index (χ3v) is 7.43. The van der Waals surface area contributed by atoms with Crippen LogP contribution in [0.2, 0.25) is 19.6 Å². The number of aromatic nitrogens is 5. The minimum absolute atomic E-state index is 0.409. The first-order valence-corrected chi connectivity index (χ1v) is 16.7. The van der Waals surface area contributed by atoms with E-state index in [0.29, 0.717) is 17.8 Å². The number of esters is 1. The zero-order valence-corrected chi connectivity index (χ0v) is 24.4. The highest BCUT2D eigenvalue weighted by Crippen LogP contribution is 2.27. The van der Waals surface area contributed by atoms with Crippen molar-refractivity contribution in [3.05, 3.63) is 82.9 Å². The normalized spacial score (nSPS) is 11.5. The van der Waals surface area contributed by atoms with Crippen molar-refractivity contribution in [2.24, 2.45) is 0 Å². The zero-order valence-electron chi connectivity index (χ0n) is 23.4. The van der Waals surface area contributed by atoms with Crippen molar-refractivity contribution in [2.75, 3.05) is 7.11 Å². The average Bonchev–Trinajstić information content (AvgIpc) is 3.45. The molecule has 0 fully saturated rings. The van der Waals surface area contributed by atoms with E-state index in [1.165, 1.54) is 7.11 Å². The first-order valence-electron chi connectivity index (χ1n) is 13.2. The topological polar surface area (TPSA) is 74.8 Å². The number of fused-ring (bicyclic) bond motifs is 2. The van der Waals surface area contributed by atoms with Gasteiger partial charge in [-0.15, -0.1) is 5.54 Å². The van der Waals surface area contributed by atoms with E-state index in [2.05, 4.69) is 66.6 Å². The van der Waals surface area contributed by atoms with Gasteiger partial charge in [0.25, 0.3) is 0 Å². The maximum Gasteiger partial charge on any atom is 0.340 e. The lowest BCUT2D eigenvalue weighted by atomic mass is 10.1. The molecule has 0 atom stereocenters. The van der Waals surface area contributed by atoms with Crippen molar-refractivity contribution in [1.29, 1.82) is 0 Å². The molecule has 5 rings (SSSR count). The first kappa shape index (κ1) is 26.4.